The van der Waals surface area contributed by atoms with Crippen molar-refractivity contribution in [2.45, 2.75) is 37.5 Å². The van der Waals surface area contributed by atoms with E-state index in [4.69, 9.17) is 5.73 Å². The zero-order valence-corrected chi connectivity index (χ0v) is 8.21. The molecule has 0 aromatic rings. The van der Waals surface area contributed by atoms with E-state index in [1.807, 2.05) is 0 Å². The normalized spacial score (nSPS) is 32.4. The fourth-order valence-electron chi connectivity index (χ4n) is 1.22. The maximum atomic E-state index is 5.64. The van der Waals surface area contributed by atoms with Crippen LogP contribution >= 0.6 is 0 Å². The average Bonchev–Trinajstić information content (AvgIpc) is 2.30. The first-order valence-corrected chi connectivity index (χ1v) is 5.62. The second-order valence-corrected chi connectivity index (χ2v) is 5.15. The predicted octanol–water partition coefficient (Wildman–Crippen LogP) is 0.996. The van der Waals surface area contributed by atoms with Crippen LogP contribution in [0.25, 0.3) is 0 Å². The minimum absolute atomic E-state index is 0.495. The second-order valence-electron chi connectivity index (χ2n) is 2.51. The van der Waals surface area contributed by atoms with Gasteiger partial charge < -0.3 is 0 Å². The second kappa shape index (κ2) is 3.40. The van der Waals surface area contributed by atoms with Crippen LogP contribution in [0.4, 0.5) is 0 Å². The van der Waals surface area contributed by atoms with Crippen LogP contribution in [0.1, 0.15) is 26.7 Å². The number of amidine groups is 1. The molecule has 1 aliphatic heterocycles. The fourth-order valence-corrected chi connectivity index (χ4v) is 3.49. The zero-order chi connectivity index (χ0) is 7.56. The Labute approximate surface area is 68.4 Å². The number of rotatable bonds is 2. The molecule has 1 heterocycles. The summed E-state index contributed by atoms with van der Waals surface area (Å²) < 4.78 is 0.922. The quantitative estimate of drug-likeness (QED) is 0.671. The van der Waals surface area contributed by atoms with Crippen LogP contribution in [0.2, 0.25) is 4.82 Å². The van der Waals surface area contributed by atoms with E-state index >= 15 is 0 Å². The molecule has 0 saturated carbocycles. The van der Waals surface area contributed by atoms with Gasteiger partial charge in [-0.05, 0) is 0 Å². The van der Waals surface area contributed by atoms with Crippen LogP contribution in [0.3, 0.4) is 0 Å². The number of hydrogen-bond donors (Lipinski definition) is 1. The first kappa shape index (κ1) is 8.09. The molecule has 58 valence electrons. The van der Waals surface area contributed by atoms with Crippen LogP contribution < -0.4 is 5.73 Å². The molecule has 2 nitrogen and oxygen atoms in total. The van der Waals surface area contributed by atoms with Gasteiger partial charge in [0.1, 0.15) is 0 Å². The Morgan fingerprint density at radius 3 is 2.60 bits per heavy atom. The van der Waals surface area contributed by atoms with Crippen LogP contribution in [0, 0.1) is 0 Å². The van der Waals surface area contributed by atoms with Crippen molar-refractivity contribution in [1.82, 2.24) is 0 Å². The van der Waals surface area contributed by atoms with Gasteiger partial charge in [-0.1, -0.05) is 0 Å². The Bertz CT molecular complexity index is 145. The molecule has 0 amide bonds. The molecule has 1 aliphatic rings. The summed E-state index contributed by atoms with van der Waals surface area (Å²) in [6.07, 6.45) is 2.39. The molecule has 0 aliphatic carbocycles. The summed E-state index contributed by atoms with van der Waals surface area (Å²) in [7, 11) is 0. The molecular formula is C7H14N2Se. The first-order chi connectivity index (χ1) is 4.77. The van der Waals surface area contributed by atoms with Crippen molar-refractivity contribution in [3.8, 4) is 0 Å². The summed E-state index contributed by atoms with van der Waals surface area (Å²) in [5.41, 5.74) is 5.64. The van der Waals surface area contributed by atoms with Gasteiger partial charge in [0.2, 0.25) is 0 Å². The molecule has 0 aromatic heterocycles. The summed E-state index contributed by atoms with van der Waals surface area (Å²) in [4.78, 5) is 5.17. The summed E-state index contributed by atoms with van der Waals surface area (Å²) in [5, 5.41) is 0. The molecule has 0 radical (unpaired) electrons. The van der Waals surface area contributed by atoms with Crippen molar-refractivity contribution in [2.24, 2.45) is 10.7 Å². The van der Waals surface area contributed by atoms with Crippen LogP contribution in [-0.4, -0.2) is 25.7 Å². The maximum absolute atomic E-state index is 5.64. The standard InChI is InChI=1S/C7H14N2Se/c1-3-5-6(4-2)10-7(8)9-5/h5-6H,3-4H2,1-2H3,(H2,8,9)/t5-,6+/m1/s1. The van der Waals surface area contributed by atoms with E-state index in [0.717, 1.165) is 16.0 Å². The van der Waals surface area contributed by atoms with E-state index in [1.165, 1.54) is 6.42 Å². The first-order valence-electron chi connectivity index (χ1n) is 3.77. The number of nitrogens with zero attached hydrogens (tertiary/aromatic N) is 1. The van der Waals surface area contributed by atoms with Crippen LogP contribution in [0.15, 0.2) is 4.99 Å². The minimum atomic E-state index is 0.495. The van der Waals surface area contributed by atoms with Gasteiger partial charge in [-0.15, -0.1) is 0 Å². The van der Waals surface area contributed by atoms with Gasteiger partial charge in [0.05, 0.1) is 0 Å². The van der Waals surface area contributed by atoms with Crippen molar-refractivity contribution < 1.29 is 0 Å². The molecule has 0 fully saturated rings. The monoisotopic (exact) mass is 206 g/mol. The molecule has 2 N–H and O–H groups in total. The van der Waals surface area contributed by atoms with E-state index < -0.39 is 0 Å². The third-order valence-electron chi connectivity index (χ3n) is 1.81. The molecule has 10 heavy (non-hydrogen) atoms. The molecule has 1 rings (SSSR count). The molecule has 0 spiro atoms. The molecule has 0 bridgehead atoms. The van der Waals surface area contributed by atoms with Gasteiger partial charge >= 0.3 is 68.0 Å². The van der Waals surface area contributed by atoms with Crippen molar-refractivity contribution in [3.05, 3.63) is 0 Å². The van der Waals surface area contributed by atoms with Crippen LogP contribution in [0.5, 0.6) is 0 Å². The SMILES string of the molecule is CC[C@@H]1[Se]C(N)=N[C@@H]1CC. The Hall–Kier alpha value is -0.0105. The Kier molecular flexibility index (Phi) is 2.75. The van der Waals surface area contributed by atoms with E-state index in [0.29, 0.717) is 21.0 Å². The number of hydrogen-bond acceptors (Lipinski definition) is 2. The molecule has 0 unspecified atom stereocenters. The third-order valence-corrected chi connectivity index (χ3v) is 4.54. The fraction of sp³-hybridized carbons (Fsp3) is 0.857. The summed E-state index contributed by atoms with van der Waals surface area (Å²) in [6, 6.07) is 0.546. The molecular weight excluding hydrogens is 191 g/mol. The van der Waals surface area contributed by atoms with Crippen molar-refractivity contribution >= 4 is 19.7 Å². The summed E-state index contributed by atoms with van der Waals surface area (Å²) in [6.45, 7) is 4.41. The Balaban J connectivity index is 2.52. The topological polar surface area (TPSA) is 38.4 Å². The summed E-state index contributed by atoms with van der Waals surface area (Å²) in [5.74, 6) is 0. The Morgan fingerprint density at radius 2 is 2.20 bits per heavy atom. The predicted molar refractivity (Wildman–Crippen MR) is 45.5 cm³/mol. The van der Waals surface area contributed by atoms with Crippen molar-refractivity contribution in [1.29, 1.82) is 0 Å². The van der Waals surface area contributed by atoms with E-state index in [1.54, 1.807) is 0 Å². The van der Waals surface area contributed by atoms with Gasteiger partial charge in [-0.3, -0.25) is 0 Å². The third kappa shape index (κ3) is 1.53. The van der Waals surface area contributed by atoms with Crippen molar-refractivity contribution in [3.63, 3.8) is 0 Å². The zero-order valence-electron chi connectivity index (χ0n) is 6.50. The summed E-state index contributed by atoms with van der Waals surface area (Å²) >= 11 is 0.495. The number of nitrogens with two attached hydrogens (primary N) is 1. The van der Waals surface area contributed by atoms with Crippen LogP contribution in [-0.2, 0) is 0 Å². The van der Waals surface area contributed by atoms with E-state index in [2.05, 4.69) is 18.8 Å². The molecule has 0 aromatic carbocycles. The molecule has 0 saturated heterocycles. The van der Waals surface area contributed by atoms with E-state index in [9.17, 15) is 0 Å². The van der Waals surface area contributed by atoms with Gasteiger partial charge in [-0.2, -0.15) is 0 Å². The number of aliphatic imine (C=N–C) groups is 1. The van der Waals surface area contributed by atoms with Gasteiger partial charge in [0.25, 0.3) is 0 Å². The van der Waals surface area contributed by atoms with E-state index in [-0.39, 0.29) is 0 Å². The van der Waals surface area contributed by atoms with Gasteiger partial charge in [0, 0.05) is 0 Å². The van der Waals surface area contributed by atoms with Gasteiger partial charge in [-0.25, -0.2) is 0 Å². The Morgan fingerprint density at radius 1 is 1.50 bits per heavy atom. The molecule has 2 atom stereocenters. The van der Waals surface area contributed by atoms with Crippen molar-refractivity contribution in [2.75, 3.05) is 0 Å². The van der Waals surface area contributed by atoms with Gasteiger partial charge in [0.15, 0.2) is 0 Å². The molecule has 3 heteroatoms. The average molecular weight is 205 g/mol.